The number of rotatable bonds is 5. The summed E-state index contributed by atoms with van der Waals surface area (Å²) in [5, 5.41) is 4.39. The Morgan fingerprint density at radius 1 is 1.11 bits per heavy atom. The fourth-order valence-corrected chi connectivity index (χ4v) is 3.84. The minimum atomic E-state index is -0.375. The number of anilines is 1. The molecule has 1 unspecified atom stereocenters. The molecule has 1 aliphatic rings. The van der Waals surface area contributed by atoms with E-state index in [1.165, 1.54) is 11.6 Å². The van der Waals surface area contributed by atoms with E-state index in [1.807, 2.05) is 36.4 Å². The SMILES string of the molecule is COc1ccc(C2(c3ccccc3)C=Cc3c(N)nn(C=CC=O)c3C2)cc1. The summed E-state index contributed by atoms with van der Waals surface area (Å²) in [6.45, 7) is 0. The highest BCUT2D eigenvalue weighted by atomic mass is 16.5. The number of nitrogens with zero attached hydrogens (tertiary/aromatic N) is 2. The predicted molar refractivity (Wildman–Crippen MR) is 111 cm³/mol. The maximum Gasteiger partial charge on any atom is 0.153 e. The molecule has 0 saturated heterocycles. The first-order chi connectivity index (χ1) is 13.7. The van der Waals surface area contributed by atoms with E-state index < -0.39 is 0 Å². The highest BCUT2D eigenvalue weighted by Gasteiger charge is 2.37. The molecular formula is C23H21N3O2. The Bertz CT molecular complexity index is 1050. The molecule has 1 heterocycles. The van der Waals surface area contributed by atoms with Crippen molar-refractivity contribution in [2.75, 3.05) is 12.8 Å². The van der Waals surface area contributed by atoms with Gasteiger partial charge in [0.2, 0.25) is 0 Å². The first-order valence-corrected chi connectivity index (χ1v) is 9.06. The number of methoxy groups -OCH3 is 1. The summed E-state index contributed by atoms with van der Waals surface area (Å²) in [5.74, 6) is 1.27. The molecule has 1 aliphatic carbocycles. The van der Waals surface area contributed by atoms with Crippen LogP contribution in [0.1, 0.15) is 22.4 Å². The van der Waals surface area contributed by atoms with Crippen molar-refractivity contribution in [3.05, 3.63) is 89.1 Å². The number of aldehydes is 1. The van der Waals surface area contributed by atoms with Gasteiger partial charge in [0, 0.05) is 23.6 Å². The molecule has 0 spiro atoms. The van der Waals surface area contributed by atoms with Crippen molar-refractivity contribution in [3.63, 3.8) is 0 Å². The van der Waals surface area contributed by atoms with Gasteiger partial charge in [0.15, 0.2) is 5.82 Å². The lowest BCUT2D eigenvalue weighted by Crippen LogP contribution is -2.31. The molecule has 0 fully saturated rings. The van der Waals surface area contributed by atoms with Gasteiger partial charge >= 0.3 is 0 Å². The van der Waals surface area contributed by atoms with Crippen LogP contribution < -0.4 is 10.5 Å². The van der Waals surface area contributed by atoms with E-state index in [4.69, 9.17) is 10.5 Å². The van der Waals surface area contributed by atoms with E-state index in [9.17, 15) is 4.79 Å². The lowest BCUT2D eigenvalue weighted by Gasteiger charge is -2.35. The second-order valence-corrected chi connectivity index (χ2v) is 6.74. The van der Waals surface area contributed by atoms with Gasteiger partial charge in [-0.05, 0) is 29.3 Å². The highest BCUT2D eigenvalue weighted by molar-refractivity contribution is 5.73. The first-order valence-electron chi connectivity index (χ1n) is 9.06. The number of fused-ring (bicyclic) bond motifs is 1. The third-order valence-corrected chi connectivity index (χ3v) is 5.26. The summed E-state index contributed by atoms with van der Waals surface area (Å²) >= 11 is 0. The van der Waals surface area contributed by atoms with Crippen LogP contribution in [-0.2, 0) is 16.6 Å². The van der Waals surface area contributed by atoms with Crippen molar-refractivity contribution in [3.8, 4) is 5.75 Å². The Kier molecular flexibility index (Phi) is 4.57. The molecule has 0 saturated carbocycles. The molecule has 0 radical (unpaired) electrons. The fraction of sp³-hybridized carbons (Fsp3) is 0.130. The van der Waals surface area contributed by atoms with E-state index in [-0.39, 0.29) is 5.41 Å². The Balaban J connectivity index is 1.89. The number of aromatic nitrogens is 2. The van der Waals surface area contributed by atoms with E-state index in [2.05, 4.69) is 35.4 Å². The van der Waals surface area contributed by atoms with Crippen LogP contribution in [0, 0.1) is 0 Å². The number of allylic oxidation sites excluding steroid dienone is 2. The molecule has 0 aliphatic heterocycles. The summed E-state index contributed by atoms with van der Waals surface area (Å²) in [6.07, 6.45) is 8.69. The predicted octanol–water partition coefficient (Wildman–Crippen LogP) is 3.70. The van der Waals surface area contributed by atoms with Crippen molar-refractivity contribution < 1.29 is 9.53 Å². The Hall–Kier alpha value is -3.60. The first kappa shape index (κ1) is 17.8. The van der Waals surface area contributed by atoms with Crippen LogP contribution >= 0.6 is 0 Å². The lowest BCUT2D eigenvalue weighted by molar-refractivity contribution is -0.104. The minimum Gasteiger partial charge on any atom is -0.497 e. The Labute approximate surface area is 163 Å². The van der Waals surface area contributed by atoms with Gasteiger partial charge in [-0.15, -0.1) is 0 Å². The second-order valence-electron chi connectivity index (χ2n) is 6.74. The highest BCUT2D eigenvalue weighted by Crippen LogP contribution is 2.43. The van der Waals surface area contributed by atoms with E-state index in [1.54, 1.807) is 18.0 Å². The van der Waals surface area contributed by atoms with Gasteiger partial charge in [-0.2, -0.15) is 5.10 Å². The topological polar surface area (TPSA) is 70.1 Å². The van der Waals surface area contributed by atoms with Gasteiger partial charge in [-0.25, -0.2) is 4.68 Å². The van der Waals surface area contributed by atoms with Crippen LogP contribution in [0.25, 0.3) is 12.3 Å². The van der Waals surface area contributed by atoms with E-state index in [0.29, 0.717) is 12.2 Å². The van der Waals surface area contributed by atoms with Gasteiger partial charge in [0.1, 0.15) is 12.0 Å². The maximum atomic E-state index is 10.8. The quantitative estimate of drug-likeness (QED) is 0.548. The monoisotopic (exact) mass is 371 g/mol. The van der Waals surface area contributed by atoms with E-state index >= 15 is 0 Å². The van der Waals surface area contributed by atoms with E-state index in [0.717, 1.165) is 28.9 Å². The number of carbonyl (C=O) groups is 1. The van der Waals surface area contributed by atoms with Gasteiger partial charge in [0.25, 0.3) is 0 Å². The molecule has 2 N–H and O–H groups in total. The summed E-state index contributed by atoms with van der Waals surface area (Å²) in [4.78, 5) is 10.8. The van der Waals surface area contributed by atoms with Crippen molar-refractivity contribution >= 4 is 24.4 Å². The maximum absolute atomic E-state index is 10.8. The summed E-state index contributed by atoms with van der Waals surface area (Å²) in [5.41, 5.74) is 9.93. The minimum absolute atomic E-state index is 0.375. The largest absolute Gasteiger partial charge is 0.497 e. The molecule has 1 aromatic heterocycles. The number of ether oxygens (including phenoxy) is 1. The molecule has 0 amide bonds. The molecule has 1 atom stereocenters. The smallest absolute Gasteiger partial charge is 0.153 e. The van der Waals surface area contributed by atoms with Gasteiger partial charge in [0.05, 0.1) is 12.8 Å². The van der Waals surface area contributed by atoms with Crippen molar-refractivity contribution in [2.45, 2.75) is 11.8 Å². The van der Waals surface area contributed by atoms with Crippen LogP contribution in [0.4, 0.5) is 5.82 Å². The molecule has 140 valence electrons. The average molecular weight is 371 g/mol. The zero-order valence-corrected chi connectivity index (χ0v) is 15.6. The third-order valence-electron chi connectivity index (χ3n) is 5.26. The number of hydrogen-bond donors (Lipinski definition) is 1. The van der Waals surface area contributed by atoms with Gasteiger partial charge in [-0.1, -0.05) is 54.6 Å². The van der Waals surface area contributed by atoms with Crippen LogP contribution in [0.2, 0.25) is 0 Å². The van der Waals surface area contributed by atoms with Crippen molar-refractivity contribution in [1.82, 2.24) is 9.78 Å². The number of benzene rings is 2. The van der Waals surface area contributed by atoms with Crippen LogP contribution in [-0.4, -0.2) is 23.2 Å². The zero-order chi connectivity index (χ0) is 19.6. The molecular weight excluding hydrogens is 350 g/mol. The lowest BCUT2D eigenvalue weighted by atomic mass is 9.68. The van der Waals surface area contributed by atoms with Crippen LogP contribution in [0.3, 0.4) is 0 Å². The van der Waals surface area contributed by atoms with Crippen LogP contribution in [0.15, 0.2) is 66.7 Å². The van der Waals surface area contributed by atoms with Crippen molar-refractivity contribution in [2.24, 2.45) is 0 Å². The van der Waals surface area contributed by atoms with Crippen LogP contribution in [0.5, 0.6) is 5.75 Å². The summed E-state index contributed by atoms with van der Waals surface area (Å²) < 4.78 is 7.03. The molecule has 5 heteroatoms. The second kappa shape index (κ2) is 7.19. The number of nitrogens with two attached hydrogens (primary N) is 1. The molecule has 3 aromatic rings. The molecule has 0 bridgehead atoms. The number of nitrogen functional groups attached to an aromatic ring is 1. The third kappa shape index (κ3) is 2.91. The van der Waals surface area contributed by atoms with Gasteiger partial charge in [-0.3, -0.25) is 4.79 Å². The normalized spacial score (nSPS) is 18.2. The molecule has 2 aromatic carbocycles. The van der Waals surface area contributed by atoms with Gasteiger partial charge < -0.3 is 10.5 Å². The summed E-state index contributed by atoms with van der Waals surface area (Å²) in [6, 6.07) is 18.5. The molecule has 5 nitrogen and oxygen atoms in total. The summed E-state index contributed by atoms with van der Waals surface area (Å²) in [7, 11) is 1.66. The Morgan fingerprint density at radius 3 is 2.50 bits per heavy atom. The zero-order valence-electron chi connectivity index (χ0n) is 15.6. The van der Waals surface area contributed by atoms with Crippen molar-refractivity contribution in [1.29, 1.82) is 0 Å². The average Bonchev–Trinajstić information content (AvgIpc) is 3.07. The number of hydrogen-bond acceptors (Lipinski definition) is 4. The molecule has 28 heavy (non-hydrogen) atoms. The number of carbonyl (C=O) groups excluding carboxylic acids is 1. The molecule has 4 rings (SSSR count). The standard InChI is InChI=1S/C23H21N3O2/c1-28-19-10-8-18(9-11-19)23(17-6-3-2-4-7-17)13-12-20-21(16-23)26(14-5-15-27)25-22(20)24/h2-15H,16H2,1H3,(H2,24,25). The Morgan fingerprint density at radius 2 is 1.82 bits per heavy atom. The fourth-order valence-electron chi connectivity index (χ4n) is 3.84.